The summed E-state index contributed by atoms with van der Waals surface area (Å²) in [6.45, 7) is 8.06. The van der Waals surface area contributed by atoms with Crippen LogP contribution in [-0.4, -0.2) is 76.3 Å². The van der Waals surface area contributed by atoms with Crippen LogP contribution < -0.4 is 10.5 Å². The van der Waals surface area contributed by atoms with Gasteiger partial charge in [-0.15, -0.1) is 21.5 Å². The standard InChI is InChI=1S/C40H36N10O4S2/c1-22(24-3-5-34-32(17-24)43-21-55-34)49-11-8-27-16-29(20-42-31(27)9-13-49)37-46-48-39(53-37)54-40-44-33-18-25(4-6-35(33)56-40)23(2)50-12-7-26-15-28(19-41-30(26)10-14-50)36-45-47-38(51)52-36/h3-6,15-23H,7-14H2,1-2H3,(H,47,51)/t22-,23+/m0/s1. The topological polar surface area (TPSA) is 165 Å². The first-order valence-corrected chi connectivity index (χ1v) is 20.3. The van der Waals surface area contributed by atoms with Crippen LogP contribution in [-0.2, 0) is 25.7 Å². The minimum Gasteiger partial charge on any atom is -0.388 e. The van der Waals surface area contributed by atoms with E-state index in [1.165, 1.54) is 27.2 Å². The molecule has 0 spiro atoms. The van der Waals surface area contributed by atoms with E-state index in [4.69, 9.17) is 23.5 Å². The van der Waals surface area contributed by atoms with Crippen molar-refractivity contribution >= 4 is 43.1 Å². The average Bonchev–Trinajstić information content (AvgIpc) is 4.01. The summed E-state index contributed by atoms with van der Waals surface area (Å²) in [7, 11) is 0. The third-order valence-electron chi connectivity index (χ3n) is 11.0. The Morgan fingerprint density at radius 1 is 0.732 bits per heavy atom. The number of hydrogen-bond donors (Lipinski definition) is 1. The molecule has 0 bridgehead atoms. The van der Waals surface area contributed by atoms with Crippen molar-refractivity contribution in [3.8, 4) is 34.2 Å². The lowest BCUT2D eigenvalue weighted by Gasteiger charge is -2.27. The molecule has 10 rings (SSSR count). The Morgan fingerprint density at radius 3 is 2.05 bits per heavy atom. The van der Waals surface area contributed by atoms with Gasteiger partial charge in [0.15, 0.2) is 0 Å². The Hall–Kier alpha value is -5.68. The highest BCUT2D eigenvalue weighted by molar-refractivity contribution is 7.20. The molecule has 0 aliphatic carbocycles. The molecule has 0 saturated heterocycles. The Bertz CT molecular complexity index is 2770. The number of nitrogens with one attached hydrogen (secondary N) is 1. The van der Waals surface area contributed by atoms with Gasteiger partial charge in [-0.25, -0.2) is 19.9 Å². The highest BCUT2D eigenvalue weighted by Gasteiger charge is 2.24. The molecule has 14 nitrogen and oxygen atoms in total. The zero-order valence-electron chi connectivity index (χ0n) is 30.6. The summed E-state index contributed by atoms with van der Waals surface area (Å²) in [5, 5.41) is 15.2. The number of aromatic amines is 1. The zero-order chi connectivity index (χ0) is 37.8. The van der Waals surface area contributed by atoms with Crippen molar-refractivity contribution in [3.05, 3.63) is 111 Å². The van der Waals surface area contributed by atoms with Crippen molar-refractivity contribution < 1.29 is 13.6 Å². The number of thiazole rings is 2. The highest BCUT2D eigenvalue weighted by Crippen LogP contribution is 2.35. The predicted octanol–water partition coefficient (Wildman–Crippen LogP) is 7.21. The normalized spacial score (nSPS) is 16.3. The van der Waals surface area contributed by atoms with Crippen LogP contribution in [0.5, 0.6) is 11.3 Å². The number of rotatable bonds is 8. The third kappa shape index (κ3) is 6.78. The summed E-state index contributed by atoms with van der Waals surface area (Å²) in [5.41, 5.74) is 12.2. The van der Waals surface area contributed by atoms with E-state index in [1.54, 1.807) is 17.5 Å². The number of H-pyrrole nitrogens is 1. The highest BCUT2D eigenvalue weighted by atomic mass is 32.1. The average molecular weight is 785 g/mol. The lowest BCUT2D eigenvalue weighted by molar-refractivity contribution is 0.221. The Balaban J connectivity index is 0.787. The molecule has 8 heterocycles. The first-order valence-electron chi connectivity index (χ1n) is 18.6. The van der Waals surface area contributed by atoms with Crippen molar-refractivity contribution in [1.82, 2.24) is 50.1 Å². The Labute approximate surface area is 328 Å². The zero-order valence-corrected chi connectivity index (χ0v) is 32.3. The largest absolute Gasteiger partial charge is 0.434 e. The van der Waals surface area contributed by atoms with Gasteiger partial charge in [-0.2, -0.15) is 0 Å². The molecule has 0 amide bonds. The molecule has 282 valence electrons. The quantitative estimate of drug-likeness (QED) is 0.165. The van der Waals surface area contributed by atoms with Gasteiger partial charge in [-0.1, -0.05) is 28.6 Å². The van der Waals surface area contributed by atoms with Gasteiger partial charge in [0.05, 0.1) is 37.1 Å². The summed E-state index contributed by atoms with van der Waals surface area (Å²) >= 11 is 3.11. The fraction of sp³-hybridized carbons (Fsp3) is 0.300. The van der Waals surface area contributed by atoms with Crippen molar-refractivity contribution in [3.63, 3.8) is 0 Å². The maximum Gasteiger partial charge on any atom is 0.434 e. The maximum atomic E-state index is 11.4. The van der Waals surface area contributed by atoms with Crippen molar-refractivity contribution in [2.75, 3.05) is 26.2 Å². The van der Waals surface area contributed by atoms with Crippen molar-refractivity contribution in [2.24, 2.45) is 0 Å². The molecule has 0 fully saturated rings. The fourth-order valence-electron chi connectivity index (χ4n) is 7.80. The molecule has 8 aromatic rings. The van der Waals surface area contributed by atoms with Crippen LogP contribution >= 0.6 is 22.7 Å². The van der Waals surface area contributed by atoms with Gasteiger partial charge in [0.2, 0.25) is 0 Å². The summed E-state index contributed by atoms with van der Waals surface area (Å²) in [5.74, 6) is 0.0301. The Morgan fingerprint density at radius 2 is 1.38 bits per heavy atom. The van der Waals surface area contributed by atoms with Gasteiger partial charge < -0.3 is 13.6 Å². The molecule has 1 N–H and O–H groups in total. The maximum absolute atomic E-state index is 11.4. The summed E-state index contributed by atoms with van der Waals surface area (Å²) in [6, 6.07) is 17.6. The summed E-state index contributed by atoms with van der Waals surface area (Å²) in [4.78, 5) is 35.2. The van der Waals surface area contributed by atoms with Crippen LogP contribution in [0.3, 0.4) is 0 Å². The third-order valence-corrected chi connectivity index (χ3v) is 12.8. The van der Waals surface area contributed by atoms with E-state index in [-0.39, 0.29) is 24.1 Å². The van der Waals surface area contributed by atoms with Crippen LogP contribution in [0.4, 0.5) is 0 Å². The summed E-state index contributed by atoms with van der Waals surface area (Å²) < 4.78 is 19.3. The van der Waals surface area contributed by atoms with Gasteiger partial charge in [-0.05, 0) is 85.3 Å². The SMILES string of the molecule is C[C@H](c1ccc2sc(Oc3nnc(-c4cnc5c(c4)CCN([C@@H](C)c4ccc6scnc6c4)CC5)o3)nc2c1)N1CCc2cc(-c3n[nH]c(=O)o3)cnc2CC1. The molecular formula is C40H36N10O4S2. The van der Waals surface area contributed by atoms with Crippen LogP contribution in [0, 0.1) is 0 Å². The number of benzene rings is 2. The van der Waals surface area contributed by atoms with Gasteiger partial charge in [-0.3, -0.25) is 19.8 Å². The second kappa shape index (κ2) is 14.4. The number of nitrogens with zero attached hydrogens (tertiary/aromatic N) is 9. The minimum atomic E-state index is -0.580. The molecule has 0 unspecified atom stereocenters. The van der Waals surface area contributed by atoms with Gasteiger partial charge >= 0.3 is 11.8 Å². The smallest absolute Gasteiger partial charge is 0.388 e. The number of pyridine rings is 2. The Kier molecular flexibility index (Phi) is 8.97. The molecule has 2 aliphatic rings. The molecule has 0 radical (unpaired) electrons. The fourth-order valence-corrected chi connectivity index (χ4v) is 9.25. The van der Waals surface area contributed by atoms with E-state index >= 15 is 0 Å². The number of ether oxygens (including phenoxy) is 1. The van der Waals surface area contributed by atoms with Crippen molar-refractivity contribution in [2.45, 2.75) is 51.6 Å². The van der Waals surface area contributed by atoms with E-state index in [1.807, 2.05) is 17.8 Å². The number of hydrogen-bond acceptors (Lipinski definition) is 15. The van der Waals surface area contributed by atoms with Crippen LogP contribution in [0.15, 0.2) is 80.1 Å². The van der Waals surface area contributed by atoms with E-state index in [0.29, 0.717) is 16.6 Å². The molecule has 0 saturated carbocycles. The van der Waals surface area contributed by atoms with Gasteiger partial charge in [0, 0.05) is 74.9 Å². The second-order valence-corrected chi connectivity index (χ2v) is 16.1. The minimum absolute atomic E-state index is 0.0370. The monoisotopic (exact) mass is 784 g/mol. The molecule has 2 aliphatic heterocycles. The van der Waals surface area contributed by atoms with Crippen LogP contribution in [0.25, 0.3) is 43.3 Å². The molecule has 16 heteroatoms. The van der Waals surface area contributed by atoms with E-state index in [2.05, 4.69) is 96.5 Å². The van der Waals surface area contributed by atoms with E-state index < -0.39 is 5.76 Å². The first-order chi connectivity index (χ1) is 27.4. The molecule has 2 atom stereocenters. The molecular weight excluding hydrogens is 749 g/mol. The number of fused-ring (bicyclic) bond motifs is 4. The van der Waals surface area contributed by atoms with Crippen molar-refractivity contribution in [1.29, 1.82) is 0 Å². The molecule has 6 aromatic heterocycles. The first kappa shape index (κ1) is 34.8. The molecule has 2 aromatic carbocycles. The van der Waals surface area contributed by atoms with Gasteiger partial charge in [0.25, 0.3) is 17.0 Å². The predicted molar refractivity (Wildman–Crippen MR) is 212 cm³/mol. The van der Waals surface area contributed by atoms with Crippen LogP contribution in [0.2, 0.25) is 0 Å². The summed E-state index contributed by atoms with van der Waals surface area (Å²) in [6.07, 6.45) is 6.95. The van der Waals surface area contributed by atoms with E-state index in [9.17, 15) is 4.79 Å². The van der Waals surface area contributed by atoms with Gasteiger partial charge in [0.1, 0.15) is 0 Å². The second-order valence-electron chi connectivity index (χ2n) is 14.3. The lowest BCUT2D eigenvalue weighted by Crippen LogP contribution is -2.29. The number of aromatic nitrogens is 8. The lowest BCUT2D eigenvalue weighted by atomic mass is 10.1. The van der Waals surface area contributed by atoms with Crippen LogP contribution in [0.1, 0.15) is 59.6 Å². The van der Waals surface area contributed by atoms with E-state index in [0.717, 1.165) is 95.7 Å². The molecule has 56 heavy (non-hydrogen) atoms.